The molecule has 1 saturated heterocycles. The number of benzene rings is 1. The molecule has 1 fully saturated rings. The summed E-state index contributed by atoms with van der Waals surface area (Å²) in [6.45, 7) is 10.0. The van der Waals surface area contributed by atoms with E-state index >= 15 is 0 Å². The number of unbranched alkanes of at least 4 members (excludes halogenated alkanes) is 1. The fraction of sp³-hybridized carbons (Fsp3) is 0.556. The summed E-state index contributed by atoms with van der Waals surface area (Å²) in [5, 5.41) is 0. The maximum absolute atomic E-state index is 5.77. The third kappa shape index (κ3) is 4.87. The molecule has 0 radical (unpaired) electrons. The standard InChI is InChI=1S/C18H26O3/c1-3-16-7-9-17(10-8-16)21-12-6-5-11-19-13-18(4-2)14-20-15-18/h3,7-10H,1,4-6,11-15H2,2H3. The van der Waals surface area contributed by atoms with Gasteiger partial charge in [-0.2, -0.15) is 0 Å². The first kappa shape index (κ1) is 16.1. The van der Waals surface area contributed by atoms with Gasteiger partial charge in [-0.1, -0.05) is 31.7 Å². The zero-order valence-electron chi connectivity index (χ0n) is 13.0. The number of ether oxygens (including phenoxy) is 3. The van der Waals surface area contributed by atoms with Crippen molar-refractivity contribution in [3.63, 3.8) is 0 Å². The van der Waals surface area contributed by atoms with Crippen molar-refractivity contribution in [2.45, 2.75) is 26.2 Å². The highest BCUT2D eigenvalue weighted by atomic mass is 16.5. The van der Waals surface area contributed by atoms with E-state index in [9.17, 15) is 0 Å². The minimum Gasteiger partial charge on any atom is -0.494 e. The van der Waals surface area contributed by atoms with Gasteiger partial charge in [-0.25, -0.2) is 0 Å². The molecule has 0 amide bonds. The highest BCUT2D eigenvalue weighted by Gasteiger charge is 2.36. The number of hydrogen-bond acceptors (Lipinski definition) is 3. The molecule has 0 aromatic heterocycles. The fourth-order valence-electron chi connectivity index (χ4n) is 2.27. The van der Waals surface area contributed by atoms with Crippen molar-refractivity contribution in [2.24, 2.45) is 5.41 Å². The molecular weight excluding hydrogens is 264 g/mol. The Hall–Kier alpha value is -1.32. The van der Waals surface area contributed by atoms with E-state index in [1.165, 1.54) is 0 Å². The minimum absolute atomic E-state index is 0.295. The van der Waals surface area contributed by atoms with Crippen LogP contribution in [0.4, 0.5) is 0 Å². The van der Waals surface area contributed by atoms with E-state index < -0.39 is 0 Å². The lowest BCUT2D eigenvalue weighted by molar-refractivity contribution is -0.150. The van der Waals surface area contributed by atoms with Gasteiger partial charge in [0.25, 0.3) is 0 Å². The summed E-state index contributed by atoms with van der Waals surface area (Å²) in [4.78, 5) is 0. The molecule has 0 bridgehead atoms. The van der Waals surface area contributed by atoms with Crippen LogP contribution in [0.5, 0.6) is 5.75 Å². The highest BCUT2D eigenvalue weighted by Crippen LogP contribution is 2.31. The average Bonchev–Trinajstić information content (AvgIpc) is 2.49. The molecule has 0 aliphatic carbocycles. The van der Waals surface area contributed by atoms with E-state index in [0.29, 0.717) is 5.41 Å². The molecule has 21 heavy (non-hydrogen) atoms. The van der Waals surface area contributed by atoms with Crippen LogP contribution in [0.15, 0.2) is 30.8 Å². The van der Waals surface area contributed by atoms with Crippen molar-refractivity contribution in [2.75, 3.05) is 33.0 Å². The highest BCUT2D eigenvalue weighted by molar-refractivity contribution is 5.48. The molecular formula is C18H26O3. The van der Waals surface area contributed by atoms with Gasteiger partial charge in [0.05, 0.1) is 26.4 Å². The Kier molecular flexibility index (Phi) is 6.27. The first-order valence-corrected chi connectivity index (χ1v) is 7.79. The van der Waals surface area contributed by atoms with E-state index in [1.54, 1.807) is 0 Å². The second kappa shape index (κ2) is 8.20. The summed E-state index contributed by atoms with van der Waals surface area (Å²) in [5.41, 5.74) is 1.41. The van der Waals surface area contributed by atoms with Crippen molar-refractivity contribution in [3.05, 3.63) is 36.4 Å². The Morgan fingerprint density at radius 1 is 1.19 bits per heavy atom. The summed E-state index contributed by atoms with van der Waals surface area (Å²) in [6, 6.07) is 7.98. The van der Waals surface area contributed by atoms with Crippen LogP contribution in [0.1, 0.15) is 31.7 Å². The van der Waals surface area contributed by atoms with Gasteiger partial charge in [0.15, 0.2) is 0 Å². The summed E-state index contributed by atoms with van der Waals surface area (Å²) >= 11 is 0. The van der Waals surface area contributed by atoms with Gasteiger partial charge in [0.2, 0.25) is 0 Å². The van der Waals surface area contributed by atoms with E-state index in [4.69, 9.17) is 14.2 Å². The molecule has 0 atom stereocenters. The van der Waals surface area contributed by atoms with E-state index in [1.807, 2.05) is 30.3 Å². The number of rotatable bonds is 10. The Balaban J connectivity index is 1.50. The van der Waals surface area contributed by atoms with Crippen LogP contribution in [-0.4, -0.2) is 33.0 Å². The van der Waals surface area contributed by atoms with Crippen molar-refractivity contribution >= 4 is 6.08 Å². The van der Waals surface area contributed by atoms with Crippen LogP contribution in [-0.2, 0) is 9.47 Å². The molecule has 1 aromatic rings. The lowest BCUT2D eigenvalue weighted by atomic mass is 9.84. The zero-order valence-corrected chi connectivity index (χ0v) is 13.0. The Morgan fingerprint density at radius 3 is 2.48 bits per heavy atom. The van der Waals surface area contributed by atoms with Gasteiger partial charge in [-0.05, 0) is 37.0 Å². The minimum atomic E-state index is 0.295. The van der Waals surface area contributed by atoms with Gasteiger partial charge in [0, 0.05) is 12.0 Å². The molecule has 1 aliphatic rings. The van der Waals surface area contributed by atoms with E-state index in [0.717, 1.165) is 63.6 Å². The summed E-state index contributed by atoms with van der Waals surface area (Å²) in [5.74, 6) is 0.915. The maximum Gasteiger partial charge on any atom is 0.119 e. The predicted octanol–water partition coefficient (Wildman–Crippen LogP) is 3.93. The second-order valence-corrected chi connectivity index (χ2v) is 5.73. The van der Waals surface area contributed by atoms with Gasteiger partial charge in [0.1, 0.15) is 5.75 Å². The summed E-state index contributed by atoms with van der Waals surface area (Å²) < 4.78 is 16.7. The lowest BCUT2D eigenvalue weighted by Crippen LogP contribution is -2.45. The van der Waals surface area contributed by atoms with Gasteiger partial charge in [-0.15, -0.1) is 0 Å². The van der Waals surface area contributed by atoms with Gasteiger partial charge < -0.3 is 14.2 Å². The first-order valence-electron chi connectivity index (χ1n) is 7.79. The Bertz CT molecular complexity index is 415. The molecule has 0 N–H and O–H groups in total. The lowest BCUT2D eigenvalue weighted by Gasteiger charge is -2.40. The van der Waals surface area contributed by atoms with Crippen LogP contribution in [0.2, 0.25) is 0 Å². The predicted molar refractivity (Wildman–Crippen MR) is 85.6 cm³/mol. The van der Waals surface area contributed by atoms with E-state index in [-0.39, 0.29) is 0 Å². The molecule has 0 spiro atoms. The third-order valence-electron chi connectivity index (χ3n) is 4.04. The van der Waals surface area contributed by atoms with Crippen LogP contribution in [0.3, 0.4) is 0 Å². The molecule has 1 aromatic carbocycles. The molecule has 3 heteroatoms. The average molecular weight is 290 g/mol. The van der Waals surface area contributed by atoms with Gasteiger partial charge >= 0.3 is 0 Å². The molecule has 0 unspecified atom stereocenters. The Labute approximate surface area is 127 Å². The molecule has 3 nitrogen and oxygen atoms in total. The monoisotopic (exact) mass is 290 g/mol. The van der Waals surface area contributed by atoms with Crippen molar-refractivity contribution in [1.82, 2.24) is 0 Å². The van der Waals surface area contributed by atoms with Crippen molar-refractivity contribution in [1.29, 1.82) is 0 Å². The fourth-order valence-corrected chi connectivity index (χ4v) is 2.27. The smallest absolute Gasteiger partial charge is 0.119 e. The van der Waals surface area contributed by atoms with Crippen LogP contribution >= 0.6 is 0 Å². The van der Waals surface area contributed by atoms with Crippen LogP contribution in [0.25, 0.3) is 6.08 Å². The summed E-state index contributed by atoms with van der Waals surface area (Å²) in [6.07, 6.45) is 5.01. The van der Waals surface area contributed by atoms with Crippen LogP contribution < -0.4 is 4.74 Å². The SMILES string of the molecule is C=Cc1ccc(OCCCCOCC2(CC)COC2)cc1. The molecule has 1 heterocycles. The topological polar surface area (TPSA) is 27.7 Å². The largest absolute Gasteiger partial charge is 0.494 e. The zero-order chi connectivity index (χ0) is 15.0. The summed E-state index contributed by atoms with van der Waals surface area (Å²) in [7, 11) is 0. The molecule has 1 aliphatic heterocycles. The maximum atomic E-state index is 5.77. The quantitative estimate of drug-likeness (QED) is 0.611. The van der Waals surface area contributed by atoms with Gasteiger partial charge in [-0.3, -0.25) is 0 Å². The molecule has 0 saturated carbocycles. The molecule has 116 valence electrons. The Morgan fingerprint density at radius 2 is 1.90 bits per heavy atom. The van der Waals surface area contributed by atoms with Crippen molar-refractivity contribution < 1.29 is 14.2 Å². The van der Waals surface area contributed by atoms with Crippen LogP contribution in [0, 0.1) is 5.41 Å². The second-order valence-electron chi connectivity index (χ2n) is 5.73. The molecule has 2 rings (SSSR count). The van der Waals surface area contributed by atoms with E-state index in [2.05, 4.69) is 13.5 Å². The number of hydrogen-bond donors (Lipinski definition) is 0. The first-order chi connectivity index (χ1) is 10.3. The van der Waals surface area contributed by atoms with Crippen molar-refractivity contribution in [3.8, 4) is 5.75 Å². The third-order valence-corrected chi connectivity index (χ3v) is 4.04. The normalized spacial score (nSPS) is 16.2.